The third-order valence-corrected chi connectivity index (χ3v) is 4.21. The van der Waals surface area contributed by atoms with Gasteiger partial charge in [0.15, 0.2) is 0 Å². The maximum Gasteiger partial charge on any atom is 0.408 e. The molecule has 0 saturated heterocycles. The summed E-state index contributed by atoms with van der Waals surface area (Å²) in [6.45, 7) is 8.31. The molecule has 1 atom stereocenters. The Bertz CT molecular complexity index is 1030. The molecule has 2 rings (SSSR count). The Labute approximate surface area is 167 Å². The average Bonchev–Trinajstić information content (AvgIpc) is 2.59. The van der Waals surface area contributed by atoms with E-state index in [1.165, 1.54) is 0 Å². The van der Waals surface area contributed by atoms with Crippen molar-refractivity contribution >= 4 is 12.1 Å². The number of amides is 1. The highest BCUT2D eigenvalue weighted by molar-refractivity contribution is 5.80. The number of aromatic nitrogens is 2. The quantitative estimate of drug-likeness (QED) is 0.696. The summed E-state index contributed by atoms with van der Waals surface area (Å²) in [7, 11) is 0. The molecule has 0 aliphatic heterocycles. The smallest absolute Gasteiger partial charge is 0.408 e. The summed E-state index contributed by atoms with van der Waals surface area (Å²) in [4.78, 5) is 50.5. The molecule has 0 bridgehead atoms. The monoisotopic (exact) mass is 403 g/mol. The second kappa shape index (κ2) is 8.34. The van der Waals surface area contributed by atoms with Crippen LogP contribution in [-0.4, -0.2) is 38.4 Å². The molecule has 1 aromatic heterocycles. The second-order valence-electron chi connectivity index (χ2n) is 7.73. The highest BCUT2D eigenvalue weighted by Gasteiger charge is 2.24. The molecule has 9 nitrogen and oxygen atoms in total. The number of benzene rings is 1. The molecule has 0 unspecified atom stereocenters. The maximum absolute atomic E-state index is 12.4. The predicted octanol–water partition coefficient (Wildman–Crippen LogP) is 1.66. The number of aryl methyl sites for hydroxylation is 1. The molecular formula is C20H25N3O6. The number of rotatable bonds is 5. The molecule has 0 spiro atoms. The van der Waals surface area contributed by atoms with Gasteiger partial charge >= 0.3 is 17.8 Å². The first-order valence-electron chi connectivity index (χ1n) is 9.03. The standard InChI is InChI=1S/C20H25N3O6/c1-11-12(2)21-18(27)23(16(11)24)14-8-6-13(7-9-14)10-15(17(25)26)22-19(28)29-20(3,4)5/h6-9,15H,10H2,1-5H3,(H,21,27)(H,22,28)(H,25,26)/t15-/m0/s1. The minimum atomic E-state index is -1.21. The molecule has 0 saturated carbocycles. The minimum Gasteiger partial charge on any atom is -0.480 e. The number of alkyl carbamates (subject to hydrolysis) is 1. The van der Waals surface area contributed by atoms with E-state index in [0.29, 0.717) is 22.5 Å². The lowest BCUT2D eigenvalue weighted by atomic mass is 10.1. The van der Waals surface area contributed by atoms with Gasteiger partial charge in [0.2, 0.25) is 0 Å². The third-order valence-electron chi connectivity index (χ3n) is 4.21. The van der Waals surface area contributed by atoms with Gasteiger partial charge in [0, 0.05) is 17.7 Å². The normalized spacial score (nSPS) is 12.3. The summed E-state index contributed by atoms with van der Waals surface area (Å²) in [5.74, 6) is -1.21. The summed E-state index contributed by atoms with van der Waals surface area (Å²) in [6.07, 6.45) is -0.817. The second-order valence-corrected chi connectivity index (χ2v) is 7.73. The Kier molecular flexibility index (Phi) is 6.31. The van der Waals surface area contributed by atoms with Gasteiger partial charge in [0.1, 0.15) is 11.6 Å². The summed E-state index contributed by atoms with van der Waals surface area (Å²) < 4.78 is 6.10. The molecule has 0 radical (unpaired) electrons. The topological polar surface area (TPSA) is 130 Å². The fraction of sp³-hybridized carbons (Fsp3) is 0.400. The van der Waals surface area contributed by atoms with Crippen molar-refractivity contribution in [2.45, 2.75) is 52.7 Å². The Morgan fingerprint density at radius 1 is 1.17 bits per heavy atom. The minimum absolute atomic E-state index is 0.00698. The SMILES string of the molecule is Cc1[nH]c(=O)n(-c2ccc(C[C@H](NC(=O)OC(C)(C)C)C(=O)O)cc2)c(=O)c1C. The first-order chi connectivity index (χ1) is 13.4. The highest BCUT2D eigenvalue weighted by Crippen LogP contribution is 2.11. The largest absolute Gasteiger partial charge is 0.480 e. The number of H-pyrrole nitrogens is 1. The van der Waals surface area contributed by atoms with E-state index in [1.807, 2.05) is 0 Å². The van der Waals surface area contributed by atoms with Crippen molar-refractivity contribution < 1.29 is 19.4 Å². The fourth-order valence-electron chi connectivity index (χ4n) is 2.63. The van der Waals surface area contributed by atoms with Crippen LogP contribution >= 0.6 is 0 Å². The number of carboxylic acid groups (broad SMARTS) is 1. The molecule has 0 fully saturated rings. The van der Waals surface area contributed by atoms with Crippen LogP contribution in [-0.2, 0) is 16.0 Å². The van der Waals surface area contributed by atoms with Gasteiger partial charge in [-0.05, 0) is 52.3 Å². The summed E-state index contributed by atoms with van der Waals surface area (Å²) in [6, 6.07) is 5.11. The van der Waals surface area contributed by atoms with Gasteiger partial charge in [-0.15, -0.1) is 0 Å². The molecule has 0 aliphatic rings. The summed E-state index contributed by atoms with van der Waals surface area (Å²) >= 11 is 0. The number of carbonyl (C=O) groups excluding carboxylic acids is 1. The number of aliphatic carboxylic acids is 1. The zero-order chi connectivity index (χ0) is 21.9. The Morgan fingerprint density at radius 3 is 2.28 bits per heavy atom. The molecule has 156 valence electrons. The number of hydrogen-bond donors (Lipinski definition) is 3. The van der Waals surface area contributed by atoms with Gasteiger partial charge in [0.05, 0.1) is 5.69 Å². The van der Waals surface area contributed by atoms with E-state index in [0.717, 1.165) is 4.57 Å². The number of aromatic amines is 1. The van der Waals surface area contributed by atoms with Crippen molar-refractivity contribution in [3.8, 4) is 5.69 Å². The van der Waals surface area contributed by atoms with Crippen LogP contribution in [0.25, 0.3) is 5.69 Å². The van der Waals surface area contributed by atoms with Crippen LogP contribution in [0.3, 0.4) is 0 Å². The van der Waals surface area contributed by atoms with Crippen molar-refractivity contribution in [1.29, 1.82) is 0 Å². The van der Waals surface area contributed by atoms with Crippen LogP contribution < -0.4 is 16.6 Å². The summed E-state index contributed by atoms with van der Waals surface area (Å²) in [5.41, 5.74) is 0.170. The maximum atomic E-state index is 12.4. The van der Waals surface area contributed by atoms with E-state index < -0.39 is 35.0 Å². The zero-order valence-corrected chi connectivity index (χ0v) is 17.0. The van der Waals surface area contributed by atoms with Crippen molar-refractivity contribution in [2.75, 3.05) is 0 Å². The van der Waals surface area contributed by atoms with Crippen LogP contribution in [0.2, 0.25) is 0 Å². The number of carboxylic acids is 1. The molecule has 3 N–H and O–H groups in total. The molecule has 9 heteroatoms. The molecule has 1 amide bonds. The van der Waals surface area contributed by atoms with E-state index in [2.05, 4.69) is 10.3 Å². The first kappa shape index (κ1) is 21.9. The molecule has 0 aliphatic carbocycles. The Morgan fingerprint density at radius 2 is 1.76 bits per heavy atom. The summed E-state index contributed by atoms with van der Waals surface area (Å²) in [5, 5.41) is 11.7. The number of nitrogens with one attached hydrogen (secondary N) is 2. The van der Waals surface area contributed by atoms with Crippen LogP contribution in [0, 0.1) is 13.8 Å². The Balaban J connectivity index is 2.23. The lowest BCUT2D eigenvalue weighted by molar-refractivity contribution is -0.139. The van der Waals surface area contributed by atoms with Crippen molar-refractivity contribution in [3.05, 3.63) is 61.9 Å². The Hall–Kier alpha value is -3.36. The van der Waals surface area contributed by atoms with Gasteiger partial charge in [-0.2, -0.15) is 0 Å². The number of ether oxygens (including phenoxy) is 1. The van der Waals surface area contributed by atoms with E-state index in [4.69, 9.17) is 4.74 Å². The van der Waals surface area contributed by atoms with Crippen LogP contribution in [0.5, 0.6) is 0 Å². The lowest BCUT2D eigenvalue weighted by Gasteiger charge is -2.22. The zero-order valence-electron chi connectivity index (χ0n) is 17.0. The predicted molar refractivity (Wildman–Crippen MR) is 107 cm³/mol. The van der Waals surface area contributed by atoms with Gasteiger partial charge in [-0.25, -0.2) is 19.0 Å². The highest BCUT2D eigenvalue weighted by atomic mass is 16.6. The third kappa shape index (κ3) is 5.56. The average molecular weight is 403 g/mol. The molecule has 29 heavy (non-hydrogen) atoms. The van der Waals surface area contributed by atoms with Gasteiger partial charge < -0.3 is 20.1 Å². The lowest BCUT2D eigenvalue weighted by Crippen LogP contribution is -2.44. The van der Waals surface area contributed by atoms with Crippen LogP contribution in [0.4, 0.5) is 4.79 Å². The molecule has 1 aromatic carbocycles. The van der Waals surface area contributed by atoms with Crippen molar-refractivity contribution in [3.63, 3.8) is 0 Å². The fourth-order valence-corrected chi connectivity index (χ4v) is 2.63. The first-order valence-corrected chi connectivity index (χ1v) is 9.03. The van der Waals surface area contributed by atoms with Crippen molar-refractivity contribution in [1.82, 2.24) is 14.9 Å². The van der Waals surface area contributed by atoms with E-state index in [1.54, 1.807) is 58.9 Å². The molecule has 1 heterocycles. The van der Waals surface area contributed by atoms with E-state index in [9.17, 15) is 24.3 Å². The van der Waals surface area contributed by atoms with E-state index in [-0.39, 0.29) is 6.42 Å². The van der Waals surface area contributed by atoms with Crippen LogP contribution in [0.1, 0.15) is 37.6 Å². The van der Waals surface area contributed by atoms with Crippen molar-refractivity contribution in [2.24, 2.45) is 0 Å². The van der Waals surface area contributed by atoms with Gasteiger partial charge in [-0.1, -0.05) is 12.1 Å². The number of hydrogen-bond acceptors (Lipinski definition) is 5. The molecule has 2 aromatic rings. The number of carbonyl (C=O) groups is 2. The van der Waals surface area contributed by atoms with E-state index >= 15 is 0 Å². The van der Waals surface area contributed by atoms with Gasteiger partial charge in [-0.3, -0.25) is 4.79 Å². The van der Waals surface area contributed by atoms with Gasteiger partial charge in [0.25, 0.3) is 5.56 Å². The van der Waals surface area contributed by atoms with Crippen LogP contribution in [0.15, 0.2) is 33.9 Å². The number of nitrogens with zero attached hydrogens (tertiary/aromatic N) is 1. The molecular weight excluding hydrogens is 378 g/mol.